The largest absolute Gasteiger partial charge is 0.465 e. The smallest absolute Gasteiger partial charge is 0.404 e. The molecule has 6 nitrogen and oxygen atoms in total. The molecule has 1 aromatic heterocycles. The number of fused-ring (bicyclic) bond motifs is 1. The number of aromatic nitrogens is 1. The van der Waals surface area contributed by atoms with Gasteiger partial charge in [-0.3, -0.25) is 4.79 Å². The van der Waals surface area contributed by atoms with E-state index in [2.05, 4.69) is 15.6 Å². The van der Waals surface area contributed by atoms with Crippen LogP contribution >= 0.6 is 0 Å². The fourth-order valence-corrected chi connectivity index (χ4v) is 2.89. The van der Waals surface area contributed by atoms with Crippen molar-refractivity contribution in [2.75, 3.05) is 5.32 Å². The minimum atomic E-state index is -1.04. The van der Waals surface area contributed by atoms with Crippen molar-refractivity contribution in [3.05, 3.63) is 36.4 Å². The molecule has 1 aliphatic carbocycles. The van der Waals surface area contributed by atoms with E-state index in [-0.39, 0.29) is 17.9 Å². The van der Waals surface area contributed by atoms with E-state index in [1.807, 2.05) is 30.3 Å². The summed E-state index contributed by atoms with van der Waals surface area (Å²) in [6.07, 6.45) is 0.869. The molecule has 6 heteroatoms. The molecule has 0 bridgehead atoms. The Hall–Kier alpha value is -2.63. The second-order valence-corrected chi connectivity index (χ2v) is 5.53. The number of benzene rings is 1. The molecule has 1 saturated carbocycles. The molecule has 0 aliphatic heterocycles. The number of carbonyl (C=O) groups is 2. The van der Waals surface area contributed by atoms with E-state index < -0.39 is 6.09 Å². The van der Waals surface area contributed by atoms with Gasteiger partial charge in [0, 0.05) is 17.3 Å². The number of pyridine rings is 1. The molecular weight excluding hydrogens is 282 g/mol. The van der Waals surface area contributed by atoms with Crippen LogP contribution in [0.2, 0.25) is 0 Å². The lowest BCUT2D eigenvalue weighted by molar-refractivity contribution is -0.119. The van der Waals surface area contributed by atoms with Gasteiger partial charge in [-0.05, 0) is 37.5 Å². The van der Waals surface area contributed by atoms with Crippen molar-refractivity contribution in [1.29, 1.82) is 0 Å². The number of rotatable bonds is 3. The fraction of sp³-hybridized carbons (Fsp3) is 0.312. The Labute approximate surface area is 127 Å². The highest BCUT2D eigenvalue weighted by Gasteiger charge is 2.30. The van der Waals surface area contributed by atoms with Crippen molar-refractivity contribution in [3.8, 4) is 0 Å². The van der Waals surface area contributed by atoms with Gasteiger partial charge < -0.3 is 15.7 Å². The van der Waals surface area contributed by atoms with Crippen LogP contribution in [-0.4, -0.2) is 28.1 Å². The molecule has 2 aromatic rings. The number of hydrogen-bond donors (Lipinski definition) is 3. The Kier molecular flexibility index (Phi) is 3.91. The number of hydrogen-bond acceptors (Lipinski definition) is 3. The zero-order valence-electron chi connectivity index (χ0n) is 12.0. The maximum absolute atomic E-state index is 12.3. The highest BCUT2D eigenvalue weighted by molar-refractivity contribution is 5.93. The van der Waals surface area contributed by atoms with Crippen LogP contribution in [0.15, 0.2) is 36.4 Å². The molecule has 1 aromatic carbocycles. The Morgan fingerprint density at radius 2 is 1.95 bits per heavy atom. The first-order valence-corrected chi connectivity index (χ1v) is 7.28. The van der Waals surface area contributed by atoms with E-state index >= 15 is 0 Å². The van der Waals surface area contributed by atoms with Gasteiger partial charge in [-0.15, -0.1) is 0 Å². The van der Waals surface area contributed by atoms with Crippen molar-refractivity contribution in [2.45, 2.75) is 25.3 Å². The molecule has 114 valence electrons. The first-order chi connectivity index (χ1) is 10.6. The summed E-state index contributed by atoms with van der Waals surface area (Å²) in [5.41, 5.74) is 0.831. The number of anilines is 1. The molecule has 22 heavy (non-hydrogen) atoms. The van der Waals surface area contributed by atoms with Gasteiger partial charge in [-0.1, -0.05) is 18.2 Å². The summed E-state index contributed by atoms with van der Waals surface area (Å²) in [5, 5.41) is 15.0. The van der Waals surface area contributed by atoms with Gasteiger partial charge in [0.2, 0.25) is 5.91 Å². The molecule has 2 atom stereocenters. The van der Waals surface area contributed by atoms with Gasteiger partial charge in [-0.25, -0.2) is 9.78 Å². The van der Waals surface area contributed by atoms with Crippen molar-refractivity contribution >= 4 is 28.7 Å². The van der Waals surface area contributed by atoms with Gasteiger partial charge in [0.25, 0.3) is 0 Å². The van der Waals surface area contributed by atoms with Crippen LogP contribution in [0.3, 0.4) is 0 Å². The minimum absolute atomic E-state index is 0.0996. The second kappa shape index (κ2) is 6.01. The van der Waals surface area contributed by atoms with Gasteiger partial charge in [0.1, 0.15) is 5.82 Å². The predicted octanol–water partition coefficient (Wildman–Crippen LogP) is 2.61. The summed E-state index contributed by atoms with van der Waals surface area (Å²) in [4.78, 5) is 27.3. The zero-order valence-corrected chi connectivity index (χ0v) is 12.0. The lowest BCUT2D eigenvalue weighted by Gasteiger charge is -2.12. The van der Waals surface area contributed by atoms with E-state index in [4.69, 9.17) is 5.11 Å². The quantitative estimate of drug-likeness (QED) is 0.812. The van der Waals surface area contributed by atoms with Gasteiger partial charge >= 0.3 is 6.09 Å². The Balaban J connectivity index is 1.64. The number of nitrogens with zero attached hydrogens (tertiary/aromatic N) is 1. The third kappa shape index (κ3) is 3.16. The Bertz CT molecular complexity index is 717. The number of nitrogens with one attached hydrogen (secondary N) is 2. The second-order valence-electron chi connectivity index (χ2n) is 5.53. The van der Waals surface area contributed by atoms with E-state index in [9.17, 15) is 9.59 Å². The maximum atomic E-state index is 12.3. The summed E-state index contributed by atoms with van der Waals surface area (Å²) in [6, 6.07) is 11.3. The van der Waals surface area contributed by atoms with E-state index in [0.717, 1.165) is 10.9 Å². The van der Waals surface area contributed by atoms with Crippen LogP contribution in [-0.2, 0) is 4.79 Å². The lowest BCUT2D eigenvalue weighted by atomic mass is 10.1. The summed E-state index contributed by atoms with van der Waals surface area (Å²) < 4.78 is 0. The number of carboxylic acid groups (broad SMARTS) is 1. The summed E-state index contributed by atoms with van der Waals surface area (Å²) >= 11 is 0. The van der Waals surface area contributed by atoms with Crippen molar-refractivity contribution in [2.24, 2.45) is 5.92 Å². The molecule has 0 saturated heterocycles. The molecule has 3 rings (SSSR count). The number of amides is 2. The average molecular weight is 299 g/mol. The number of para-hydroxylation sites is 1. The molecule has 1 heterocycles. The van der Waals surface area contributed by atoms with Gasteiger partial charge in [0.15, 0.2) is 0 Å². The standard InChI is InChI=1S/C16H17N3O3/c20-15(11-5-7-12(9-11)17-16(21)22)19-14-8-6-10-3-1-2-4-13(10)18-14/h1-4,6,8,11-12,17H,5,7,9H2,(H,21,22)(H,18,19,20). The van der Waals surface area contributed by atoms with Crippen LogP contribution in [0.25, 0.3) is 10.9 Å². The van der Waals surface area contributed by atoms with Gasteiger partial charge in [0.05, 0.1) is 5.52 Å². The van der Waals surface area contributed by atoms with Crippen LogP contribution in [0.5, 0.6) is 0 Å². The van der Waals surface area contributed by atoms with Crippen LogP contribution in [0, 0.1) is 5.92 Å². The molecule has 1 aliphatic rings. The maximum Gasteiger partial charge on any atom is 0.404 e. The Morgan fingerprint density at radius 3 is 2.77 bits per heavy atom. The van der Waals surface area contributed by atoms with Crippen molar-refractivity contribution in [1.82, 2.24) is 10.3 Å². The summed E-state index contributed by atoms with van der Waals surface area (Å²) in [5.74, 6) is 0.251. The molecule has 3 N–H and O–H groups in total. The first kappa shape index (κ1) is 14.3. The average Bonchev–Trinajstić information content (AvgIpc) is 2.95. The molecule has 2 unspecified atom stereocenters. The first-order valence-electron chi connectivity index (χ1n) is 7.28. The fourth-order valence-electron chi connectivity index (χ4n) is 2.89. The highest BCUT2D eigenvalue weighted by atomic mass is 16.4. The minimum Gasteiger partial charge on any atom is -0.465 e. The van der Waals surface area contributed by atoms with Crippen LogP contribution < -0.4 is 10.6 Å². The van der Waals surface area contributed by atoms with E-state index in [1.165, 1.54) is 0 Å². The molecule has 0 spiro atoms. The Morgan fingerprint density at radius 1 is 1.14 bits per heavy atom. The molecule has 0 radical (unpaired) electrons. The van der Waals surface area contributed by atoms with Gasteiger partial charge in [-0.2, -0.15) is 0 Å². The topological polar surface area (TPSA) is 91.3 Å². The van der Waals surface area contributed by atoms with Crippen LogP contribution in [0.1, 0.15) is 19.3 Å². The van der Waals surface area contributed by atoms with Crippen molar-refractivity contribution < 1.29 is 14.7 Å². The van der Waals surface area contributed by atoms with E-state index in [0.29, 0.717) is 25.1 Å². The third-order valence-corrected chi connectivity index (χ3v) is 3.98. The normalized spacial score (nSPS) is 20.7. The number of carbonyl (C=O) groups excluding carboxylic acids is 1. The zero-order chi connectivity index (χ0) is 15.5. The molecule has 1 fully saturated rings. The lowest BCUT2D eigenvalue weighted by Crippen LogP contribution is -2.32. The molecular formula is C16H17N3O3. The van der Waals surface area contributed by atoms with E-state index in [1.54, 1.807) is 6.07 Å². The van der Waals surface area contributed by atoms with Crippen molar-refractivity contribution in [3.63, 3.8) is 0 Å². The monoisotopic (exact) mass is 299 g/mol. The summed E-state index contributed by atoms with van der Waals surface area (Å²) in [6.45, 7) is 0. The van der Waals surface area contributed by atoms with Crippen LogP contribution in [0.4, 0.5) is 10.6 Å². The highest BCUT2D eigenvalue weighted by Crippen LogP contribution is 2.27. The predicted molar refractivity (Wildman–Crippen MR) is 82.7 cm³/mol. The third-order valence-electron chi connectivity index (χ3n) is 3.98. The summed E-state index contributed by atoms with van der Waals surface area (Å²) in [7, 11) is 0. The molecule has 2 amide bonds. The SMILES string of the molecule is O=C(O)NC1CCC(C(=O)Nc2ccc3ccccc3n2)C1.